The standard InChI is InChI=1S/C20H23NO4/c22-19(9-10-20(23)24)21-13-11-17-7-4-8-18(15-17)25-14-12-16-5-2-1-3-6-16/h1-8,15H,9-14H2,(H,21,22)(H,23,24). The summed E-state index contributed by atoms with van der Waals surface area (Å²) in [6, 6.07) is 18.0. The van der Waals surface area contributed by atoms with Gasteiger partial charge in [-0.25, -0.2) is 0 Å². The molecule has 0 radical (unpaired) electrons. The van der Waals surface area contributed by atoms with E-state index in [0.29, 0.717) is 19.6 Å². The predicted molar refractivity (Wildman–Crippen MR) is 95.7 cm³/mol. The van der Waals surface area contributed by atoms with E-state index in [9.17, 15) is 9.59 Å². The third kappa shape index (κ3) is 7.52. The SMILES string of the molecule is O=C(O)CCC(=O)NCCc1cccc(OCCc2ccccc2)c1. The first-order chi connectivity index (χ1) is 12.1. The van der Waals surface area contributed by atoms with Crippen LogP contribution in [0.5, 0.6) is 5.75 Å². The highest BCUT2D eigenvalue weighted by Crippen LogP contribution is 2.14. The Morgan fingerprint density at radius 3 is 2.44 bits per heavy atom. The van der Waals surface area contributed by atoms with E-state index in [4.69, 9.17) is 9.84 Å². The number of carboxylic acid groups (broad SMARTS) is 1. The van der Waals surface area contributed by atoms with Crippen molar-refractivity contribution in [3.8, 4) is 5.75 Å². The van der Waals surface area contributed by atoms with Gasteiger partial charge in [-0.15, -0.1) is 0 Å². The van der Waals surface area contributed by atoms with Crippen molar-refractivity contribution >= 4 is 11.9 Å². The molecule has 0 saturated carbocycles. The van der Waals surface area contributed by atoms with Crippen molar-refractivity contribution in [2.24, 2.45) is 0 Å². The molecule has 0 saturated heterocycles. The lowest BCUT2D eigenvalue weighted by atomic mass is 10.1. The topological polar surface area (TPSA) is 75.6 Å². The molecule has 25 heavy (non-hydrogen) atoms. The van der Waals surface area contributed by atoms with Crippen molar-refractivity contribution in [3.05, 3.63) is 65.7 Å². The summed E-state index contributed by atoms with van der Waals surface area (Å²) in [5, 5.41) is 11.3. The van der Waals surface area contributed by atoms with Crippen molar-refractivity contribution in [2.45, 2.75) is 25.7 Å². The highest BCUT2D eigenvalue weighted by atomic mass is 16.5. The number of carbonyl (C=O) groups excluding carboxylic acids is 1. The van der Waals surface area contributed by atoms with Gasteiger partial charge in [0.15, 0.2) is 0 Å². The molecule has 5 nitrogen and oxygen atoms in total. The third-order valence-corrected chi connectivity index (χ3v) is 3.70. The van der Waals surface area contributed by atoms with Gasteiger partial charge in [0.05, 0.1) is 13.0 Å². The number of carbonyl (C=O) groups is 2. The largest absolute Gasteiger partial charge is 0.493 e. The van der Waals surface area contributed by atoms with Crippen LogP contribution in [0, 0.1) is 0 Å². The highest BCUT2D eigenvalue weighted by Gasteiger charge is 2.05. The van der Waals surface area contributed by atoms with E-state index >= 15 is 0 Å². The molecule has 2 rings (SSSR count). The highest BCUT2D eigenvalue weighted by molar-refractivity contribution is 5.80. The van der Waals surface area contributed by atoms with Crippen molar-refractivity contribution < 1.29 is 19.4 Å². The maximum absolute atomic E-state index is 11.5. The molecular formula is C20H23NO4. The summed E-state index contributed by atoms with van der Waals surface area (Å²) >= 11 is 0. The fourth-order valence-corrected chi connectivity index (χ4v) is 2.38. The van der Waals surface area contributed by atoms with Crippen LogP contribution in [0.3, 0.4) is 0 Å². The number of amides is 1. The Hall–Kier alpha value is -2.82. The summed E-state index contributed by atoms with van der Waals surface area (Å²) in [6.45, 7) is 1.09. The number of ether oxygens (including phenoxy) is 1. The lowest BCUT2D eigenvalue weighted by molar-refractivity contribution is -0.138. The minimum atomic E-state index is -0.962. The summed E-state index contributed by atoms with van der Waals surface area (Å²) in [6.07, 6.45) is 1.40. The first-order valence-electron chi connectivity index (χ1n) is 8.37. The Labute approximate surface area is 147 Å². The van der Waals surface area contributed by atoms with Crippen LogP contribution in [0.1, 0.15) is 24.0 Å². The van der Waals surface area contributed by atoms with Crippen LogP contribution in [-0.2, 0) is 22.4 Å². The number of aliphatic carboxylic acids is 1. The fourth-order valence-electron chi connectivity index (χ4n) is 2.38. The Balaban J connectivity index is 1.71. The van der Waals surface area contributed by atoms with Crippen LogP contribution in [0.15, 0.2) is 54.6 Å². The van der Waals surface area contributed by atoms with Crippen LogP contribution in [0.4, 0.5) is 0 Å². The minimum absolute atomic E-state index is 0.0119. The molecule has 0 fully saturated rings. The summed E-state index contributed by atoms with van der Waals surface area (Å²) in [5.41, 5.74) is 2.30. The second kappa shape index (κ2) is 10.1. The smallest absolute Gasteiger partial charge is 0.303 e. The predicted octanol–water partition coefficient (Wildman–Crippen LogP) is 2.83. The number of hydrogen-bond acceptors (Lipinski definition) is 3. The quantitative estimate of drug-likeness (QED) is 0.697. The van der Waals surface area contributed by atoms with Crippen molar-refractivity contribution in [1.29, 1.82) is 0 Å². The van der Waals surface area contributed by atoms with Gasteiger partial charge in [0, 0.05) is 19.4 Å². The van der Waals surface area contributed by atoms with Gasteiger partial charge in [0.25, 0.3) is 0 Å². The van der Waals surface area contributed by atoms with Gasteiger partial charge in [0.2, 0.25) is 5.91 Å². The average molecular weight is 341 g/mol. The molecule has 2 aromatic rings. The second-order valence-electron chi connectivity index (χ2n) is 5.73. The number of nitrogens with one attached hydrogen (secondary N) is 1. The molecule has 1 amide bonds. The lowest BCUT2D eigenvalue weighted by Crippen LogP contribution is -2.26. The van der Waals surface area contributed by atoms with Gasteiger partial charge in [-0.3, -0.25) is 9.59 Å². The monoisotopic (exact) mass is 341 g/mol. The lowest BCUT2D eigenvalue weighted by Gasteiger charge is -2.09. The van der Waals surface area contributed by atoms with Gasteiger partial charge in [0.1, 0.15) is 5.75 Å². The van der Waals surface area contributed by atoms with Crippen LogP contribution in [0.2, 0.25) is 0 Å². The molecule has 132 valence electrons. The zero-order valence-corrected chi connectivity index (χ0v) is 14.1. The molecule has 0 unspecified atom stereocenters. The van der Waals surface area contributed by atoms with Crippen LogP contribution in [0.25, 0.3) is 0 Å². The molecule has 0 heterocycles. The zero-order chi connectivity index (χ0) is 17.9. The molecule has 2 N–H and O–H groups in total. The Bertz CT molecular complexity index is 685. The van der Waals surface area contributed by atoms with Crippen molar-refractivity contribution in [1.82, 2.24) is 5.32 Å². The van der Waals surface area contributed by atoms with Gasteiger partial charge in [-0.1, -0.05) is 42.5 Å². The summed E-state index contributed by atoms with van der Waals surface area (Å²) in [7, 11) is 0. The minimum Gasteiger partial charge on any atom is -0.493 e. The van der Waals surface area contributed by atoms with E-state index in [-0.39, 0.29) is 18.7 Å². The number of benzene rings is 2. The maximum atomic E-state index is 11.5. The van der Waals surface area contributed by atoms with E-state index < -0.39 is 5.97 Å². The third-order valence-electron chi connectivity index (χ3n) is 3.70. The Kier molecular flexibility index (Phi) is 7.50. The van der Waals surface area contributed by atoms with Crippen LogP contribution < -0.4 is 10.1 Å². The summed E-state index contributed by atoms with van der Waals surface area (Å²) in [4.78, 5) is 21.9. The summed E-state index contributed by atoms with van der Waals surface area (Å²) < 4.78 is 5.79. The molecule has 0 aromatic heterocycles. The maximum Gasteiger partial charge on any atom is 0.303 e. The van der Waals surface area contributed by atoms with E-state index in [1.54, 1.807) is 0 Å². The van der Waals surface area contributed by atoms with Crippen molar-refractivity contribution in [2.75, 3.05) is 13.2 Å². The van der Waals surface area contributed by atoms with Gasteiger partial charge in [-0.2, -0.15) is 0 Å². The van der Waals surface area contributed by atoms with E-state index in [2.05, 4.69) is 17.4 Å². The molecule has 0 atom stereocenters. The van der Waals surface area contributed by atoms with Gasteiger partial charge in [-0.05, 0) is 29.7 Å². The normalized spacial score (nSPS) is 10.2. The van der Waals surface area contributed by atoms with Gasteiger partial charge < -0.3 is 15.2 Å². The summed E-state index contributed by atoms with van der Waals surface area (Å²) in [5.74, 6) is -0.390. The molecule has 0 bridgehead atoms. The molecule has 0 aliphatic rings. The molecule has 5 heteroatoms. The van der Waals surface area contributed by atoms with E-state index in [1.165, 1.54) is 5.56 Å². The molecular weight excluding hydrogens is 318 g/mol. The molecule has 0 spiro atoms. The first kappa shape index (κ1) is 18.5. The second-order valence-corrected chi connectivity index (χ2v) is 5.73. The number of hydrogen-bond donors (Lipinski definition) is 2. The molecule has 0 aliphatic carbocycles. The van der Waals surface area contributed by atoms with Crippen molar-refractivity contribution in [3.63, 3.8) is 0 Å². The zero-order valence-electron chi connectivity index (χ0n) is 14.1. The molecule has 2 aromatic carbocycles. The fraction of sp³-hybridized carbons (Fsp3) is 0.300. The number of carboxylic acids is 1. The van der Waals surface area contributed by atoms with Gasteiger partial charge >= 0.3 is 5.97 Å². The first-order valence-corrected chi connectivity index (χ1v) is 8.37. The Morgan fingerprint density at radius 1 is 0.920 bits per heavy atom. The Morgan fingerprint density at radius 2 is 1.68 bits per heavy atom. The number of rotatable bonds is 10. The van der Waals surface area contributed by atoms with Crippen LogP contribution in [-0.4, -0.2) is 30.1 Å². The molecule has 0 aliphatic heterocycles. The average Bonchev–Trinajstić information content (AvgIpc) is 2.61. The van der Waals surface area contributed by atoms with E-state index in [0.717, 1.165) is 17.7 Å². The van der Waals surface area contributed by atoms with E-state index in [1.807, 2.05) is 42.5 Å². The van der Waals surface area contributed by atoms with Crippen LogP contribution >= 0.6 is 0 Å².